The van der Waals surface area contributed by atoms with E-state index in [-0.39, 0.29) is 6.61 Å². The lowest BCUT2D eigenvalue weighted by Crippen LogP contribution is -2.28. The molecule has 0 spiro atoms. The fourth-order valence-corrected chi connectivity index (χ4v) is 17.9. The van der Waals surface area contributed by atoms with Crippen LogP contribution in [-0.2, 0) is 38.7 Å². The predicted octanol–water partition coefficient (Wildman–Crippen LogP) is 36.7. The Balaban J connectivity index is 0.000000189. The van der Waals surface area contributed by atoms with Crippen LogP contribution in [0.3, 0.4) is 0 Å². The minimum absolute atomic E-state index is 0.145. The summed E-state index contributed by atoms with van der Waals surface area (Å²) in [7, 11) is 2.12. The molecule has 11 aromatic rings. The number of halogens is 1. The van der Waals surface area contributed by atoms with Crippen LogP contribution in [0.2, 0.25) is 5.02 Å². The number of aliphatic hydroxyl groups excluding tert-OH is 1. The number of allylic oxidation sites excluding steroid dienone is 4. The van der Waals surface area contributed by atoms with Gasteiger partial charge in [-0.05, 0) is 342 Å². The summed E-state index contributed by atoms with van der Waals surface area (Å²) in [6.45, 7) is 65.4. The van der Waals surface area contributed by atoms with Crippen molar-refractivity contribution in [1.82, 2.24) is 4.98 Å². The molecule has 0 saturated carbocycles. The molecule has 764 valence electrons. The smallest absolute Gasteiger partial charge is 0.161 e. The maximum Gasteiger partial charge on any atom is 0.161 e. The molecule has 9 nitrogen and oxygen atoms in total. The van der Waals surface area contributed by atoms with Gasteiger partial charge in [-0.25, -0.2) is 0 Å². The van der Waals surface area contributed by atoms with E-state index in [1.807, 2.05) is 37.4 Å². The molecule has 5 aliphatic heterocycles. The molecule has 0 unspecified atom stereocenters. The highest BCUT2D eigenvalue weighted by molar-refractivity contribution is 6.30. The molecule has 0 radical (unpaired) electrons. The van der Waals surface area contributed by atoms with Crippen molar-refractivity contribution in [3.05, 3.63) is 340 Å². The highest BCUT2D eigenvalue weighted by Crippen LogP contribution is 2.40. The third-order valence-electron chi connectivity index (χ3n) is 27.8. The number of nitrogens with zero attached hydrogens (tertiary/aromatic N) is 2. The first-order valence-corrected chi connectivity index (χ1v) is 54.3. The van der Waals surface area contributed by atoms with Crippen LogP contribution in [-0.4, -0.2) is 63.3 Å². The molecule has 141 heavy (non-hydrogen) atoms. The average Bonchev–Trinajstić information content (AvgIpc) is 1.09. The zero-order chi connectivity index (χ0) is 103. The molecule has 1 aromatic heterocycles. The largest absolute Gasteiger partial charge is 0.493 e. The zero-order valence-corrected chi connectivity index (χ0v) is 93.1. The lowest BCUT2D eigenvalue weighted by atomic mass is 9.92. The van der Waals surface area contributed by atoms with Crippen LogP contribution in [0.5, 0.6) is 34.5 Å². The normalized spacial score (nSPS) is 14.3. The highest BCUT2D eigenvalue weighted by atomic mass is 35.5. The van der Waals surface area contributed by atoms with Crippen molar-refractivity contribution in [3.8, 4) is 34.5 Å². The van der Waals surface area contributed by atoms with Gasteiger partial charge in [-0.15, -0.1) is 0 Å². The number of pyridine rings is 1. The summed E-state index contributed by atoms with van der Waals surface area (Å²) in [6, 6.07) is 70.5. The molecule has 0 atom stereocenters. The number of aryl methyl sites for hydroxylation is 6. The summed E-state index contributed by atoms with van der Waals surface area (Å²) in [5.74, 6) is 13.5. The number of hydrogen-bond acceptors (Lipinski definition) is 9. The molecule has 8 aliphatic rings. The van der Waals surface area contributed by atoms with E-state index in [0.717, 1.165) is 115 Å². The van der Waals surface area contributed by atoms with E-state index in [1.54, 1.807) is 22.3 Å². The van der Waals surface area contributed by atoms with E-state index in [9.17, 15) is 0 Å². The Bertz CT molecular complexity index is 5430. The van der Waals surface area contributed by atoms with Crippen molar-refractivity contribution in [2.45, 2.75) is 355 Å². The van der Waals surface area contributed by atoms with Crippen LogP contribution in [0, 0.1) is 32.6 Å². The number of aliphatic hydroxyl groups is 1. The van der Waals surface area contributed by atoms with E-state index in [0.29, 0.717) is 72.4 Å². The number of hydrogen-bond donors (Lipinski definition) is 1. The second-order valence-corrected chi connectivity index (χ2v) is 43.4. The van der Waals surface area contributed by atoms with E-state index in [2.05, 4.69) is 385 Å². The van der Waals surface area contributed by atoms with Crippen LogP contribution >= 0.6 is 11.6 Å². The summed E-state index contributed by atoms with van der Waals surface area (Å²) in [5.41, 5.74) is 31.8. The summed E-state index contributed by atoms with van der Waals surface area (Å²) in [4.78, 5) is 6.78. The number of rotatable bonds is 13. The number of ether oxygens (including phenoxy) is 6. The molecule has 0 bridgehead atoms. The second kappa shape index (κ2) is 60.5. The van der Waals surface area contributed by atoms with Gasteiger partial charge < -0.3 is 38.4 Å². The first kappa shape index (κ1) is 116. The number of fused-ring (bicyclic) bond motifs is 5. The maximum atomic E-state index is 9.02. The van der Waals surface area contributed by atoms with Gasteiger partial charge in [0, 0.05) is 36.5 Å². The van der Waals surface area contributed by atoms with Crippen molar-refractivity contribution in [2.75, 3.05) is 58.1 Å². The molecule has 10 aromatic carbocycles. The third-order valence-corrected chi connectivity index (χ3v) is 28.0. The minimum Gasteiger partial charge on any atom is -0.493 e. The van der Waals surface area contributed by atoms with Crippen molar-refractivity contribution in [3.63, 3.8) is 0 Å². The van der Waals surface area contributed by atoms with E-state index in [1.165, 1.54) is 184 Å². The molecule has 6 heterocycles. The fourth-order valence-electron chi connectivity index (χ4n) is 17.8. The van der Waals surface area contributed by atoms with Gasteiger partial charge in [0.25, 0.3) is 0 Å². The van der Waals surface area contributed by atoms with Gasteiger partial charge in [0.05, 0.1) is 44.2 Å². The Morgan fingerprint density at radius 3 is 1.26 bits per heavy atom. The maximum absolute atomic E-state index is 9.02. The monoisotopic (exact) mass is 1930 g/mol. The molecular weight excluding hydrogens is 1750 g/mol. The lowest BCUT2D eigenvalue weighted by molar-refractivity contribution is 0.171. The molecule has 1 N–H and O–H groups in total. The molecule has 19 rings (SSSR count). The number of benzene rings is 10. The Hall–Kier alpha value is -10.1. The van der Waals surface area contributed by atoms with Gasteiger partial charge in [0.1, 0.15) is 42.8 Å². The minimum atomic E-state index is 0.145. The van der Waals surface area contributed by atoms with Gasteiger partial charge in [-0.3, -0.25) is 4.98 Å². The Morgan fingerprint density at radius 2 is 0.716 bits per heavy atom. The van der Waals surface area contributed by atoms with Gasteiger partial charge >= 0.3 is 0 Å². The lowest BCUT2D eigenvalue weighted by Gasteiger charge is -2.28. The summed E-state index contributed by atoms with van der Waals surface area (Å²) < 4.78 is 33.2. The Labute approximate surface area is 861 Å². The fraction of sp³-hybridized carbons (Fsp3) is 0.489. The summed E-state index contributed by atoms with van der Waals surface area (Å²) >= 11 is 5.72. The van der Waals surface area contributed by atoms with Crippen molar-refractivity contribution < 1.29 is 33.5 Å². The first-order chi connectivity index (χ1) is 67.4. The summed E-state index contributed by atoms with van der Waals surface area (Å²) in [5, 5.41) is 11.1. The Kier molecular flexibility index (Phi) is 49.9. The van der Waals surface area contributed by atoms with E-state index < -0.39 is 0 Å². The van der Waals surface area contributed by atoms with Gasteiger partial charge in [-0.1, -0.05) is 347 Å². The van der Waals surface area contributed by atoms with Crippen molar-refractivity contribution >= 4 is 28.2 Å². The van der Waals surface area contributed by atoms with E-state index >= 15 is 0 Å². The molecule has 0 saturated heterocycles. The first-order valence-electron chi connectivity index (χ1n) is 53.9. The molecule has 0 fully saturated rings. The van der Waals surface area contributed by atoms with Gasteiger partial charge in [-0.2, -0.15) is 0 Å². The molecule has 10 heteroatoms. The molecule has 3 aliphatic carbocycles. The third kappa shape index (κ3) is 38.5. The zero-order valence-electron chi connectivity index (χ0n) is 92.4. The number of anilines is 1. The standard InChI is InChI=1S/C14H15NO.C12H17NO.C12H16O.C12H16.C11H14O2.C11H14O.C11H16O.C11H16.C10H18.C9H11Cl.C9H16.C9H12/c1-9(2)11-3-4-12-13-10(6-8-16-12)5-7-15-14(11)13;1-9(2)10-4-5-12-11(8-10)13(3)6-7-14-12;1-9(2)10-5-6-12-11(8-10)4-3-7-13-12;1-9(2)11-7-6-10-4-3-5-12(10)8-11;1-8(2)9-3-4-10-11(7-9)13-6-5-12-10;1-8(2)9-3-4-11-10(7-9)5-6-12-11;1-8(2)10-5-4-9(3)11(6-10)7-12;1-8(2)11-6-5-9(3)10(4)7-11;1-9(2)10-7-5-3-4-6-8-10;1-7(2)8-3-5-9(10)6-4-8;2*1-8(2)9-6-4-3-5-7-9/h3-5,7,9H,6,8H2,1-2H3;4-5,8-9H,6-7H2,1-3H3;5-6,8-9H,3-4,7H2,1-2H3;6-9H,3-5H2,1-2H3;3-4,7-8H,5-6H2,1-2H3;3-4,7-8H,5-6H2,1-2H3;4-6,8,12H,7H2,1-3H3;5-8H,1-4H3;7,9H,3-6,8H2,1-2H3;3-7H,1-2H3;6,8H,3-5,7H2,1-2H3;3-8H,1-2H3. The number of aromatic nitrogens is 1. The second-order valence-electron chi connectivity index (χ2n) is 42.9. The van der Waals surface area contributed by atoms with Crippen molar-refractivity contribution in [2.24, 2.45) is 11.8 Å². The van der Waals surface area contributed by atoms with E-state index in [4.69, 9.17) is 45.1 Å². The summed E-state index contributed by atoms with van der Waals surface area (Å²) in [6.07, 6.45) is 27.6. The average molecular weight is 1930 g/mol. The van der Waals surface area contributed by atoms with Crippen LogP contribution in [0.1, 0.15) is 402 Å². The Morgan fingerprint density at radius 1 is 0.298 bits per heavy atom. The highest BCUT2D eigenvalue weighted by Gasteiger charge is 2.22. The van der Waals surface area contributed by atoms with Gasteiger partial charge in [0.15, 0.2) is 11.5 Å². The van der Waals surface area contributed by atoms with Crippen LogP contribution in [0.25, 0.3) is 10.9 Å². The van der Waals surface area contributed by atoms with Crippen molar-refractivity contribution in [1.29, 1.82) is 0 Å². The quantitative estimate of drug-likeness (QED) is 0.113. The topological polar surface area (TPSA) is 91.7 Å². The van der Waals surface area contributed by atoms with Crippen LogP contribution < -0.4 is 33.3 Å². The van der Waals surface area contributed by atoms with Crippen LogP contribution in [0.15, 0.2) is 230 Å². The number of likely N-dealkylation sites (N-methyl/N-ethyl adjacent to an activating group) is 1. The SMILES string of the molecule is CC(C)C1=CCCCC1.CC(C)C1=CCCCCC1.CC(C)c1ccc(Cl)cc1.CC(C)c1ccc2c(c1)CCC2.CC(C)c1ccc2c(c1)CCCO2.CC(C)c1ccc2c(c1)CCO2.CC(C)c1ccc2c(c1)N(C)CCO2.CC(C)c1ccc2c(c1)OCCO2.CC(C)c1ccc2c3c(ccnc13)CCO2.CC(C)c1ccccc1.Cc1ccc(C(C)C)cc1C.Cc1ccc(C(C)C)cc1CO. The van der Waals surface area contributed by atoms with Crippen LogP contribution in [0.4, 0.5) is 5.69 Å². The molecular formula is C131H181ClN2O7. The van der Waals surface area contributed by atoms with Gasteiger partial charge in [0.2, 0.25) is 0 Å². The predicted molar refractivity (Wildman–Crippen MR) is 607 cm³/mol. The molecule has 0 amide bonds.